The van der Waals surface area contributed by atoms with Crippen molar-refractivity contribution in [2.24, 2.45) is 7.05 Å². The molecule has 0 saturated heterocycles. The molecule has 0 aliphatic heterocycles. The molecule has 32 heavy (non-hydrogen) atoms. The van der Waals surface area contributed by atoms with E-state index >= 15 is 0 Å². The number of benzene rings is 1. The van der Waals surface area contributed by atoms with Crippen LogP contribution in [0.15, 0.2) is 48.9 Å². The quantitative estimate of drug-likeness (QED) is 0.401. The van der Waals surface area contributed by atoms with E-state index in [1.807, 2.05) is 62.0 Å². The molecule has 3 aromatic heterocycles. The molecule has 4 rings (SSSR count). The summed E-state index contributed by atoms with van der Waals surface area (Å²) in [6.45, 7) is 4.04. The molecule has 0 saturated carbocycles. The first kappa shape index (κ1) is 21.8. The molecule has 166 valence electrons. The van der Waals surface area contributed by atoms with E-state index in [0.717, 1.165) is 5.69 Å². The van der Waals surface area contributed by atoms with Gasteiger partial charge >= 0.3 is 0 Å². The lowest BCUT2D eigenvalue weighted by Crippen LogP contribution is -2.15. The van der Waals surface area contributed by atoms with Crippen molar-refractivity contribution in [2.75, 3.05) is 11.8 Å². The number of hydrogen-bond acceptors (Lipinski definition) is 8. The summed E-state index contributed by atoms with van der Waals surface area (Å²) in [5.41, 5.74) is 1.47. The van der Waals surface area contributed by atoms with E-state index in [-0.39, 0.29) is 11.2 Å². The maximum atomic E-state index is 13.2. The first-order chi connectivity index (χ1) is 15.5. The van der Waals surface area contributed by atoms with Crippen molar-refractivity contribution in [2.45, 2.75) is 25.0 Å². The van der Waals surface area contributed by atoms with Gasteiger partial charge in [0.15, 0.2) is 11.6 Å². The van der Waals surface area contributed by atoms with Crippen LogP contribution in [0.1, 0.15) is 25.6 Å². The molecule has 0 aliphatic rings. The van der Waals surface area contributed by atoms with Crippen molar-refractivity contribution in [1.82, 2.24) is 34.5 Å². The fourth-order valence-corrected chi connectivity index (χ4v) is 3.86. The zero-order valence-electron chi connectivity index (χ0n) is 18.1. The van der Waals surface area contributed by atoms with Crippen LogP contribution in [0.5, 0.6) is 5.75 Å². The smallest absolute Gasteiger partial charge is 0.239 e. The van der Waals surface area contributed by atoms with Crippen LogP contribution in [0, 0.1) is 5.82 Å². The van der Waals surface area contributed by atoms with Gasteiger partial charge in [-0.15, -0.1) is 10.2 Å². The highest BCUT2D eigenvalue weighted by molar-refractivity contribution is 8.01. The molecule has 2 atom stereocenters. The standard InChI is InChI=1S/C21H23FN8OS/c1-13(19-23-11-15(22)12-24-19)14(2)32-28-21-26-25-20(16-9-10-29(3)27-16)30(21)17-7-5-6-8-18(17)31-4/h5-14H,1-4H3,(H,26,28). The van der Waals surface area contributed by atoms with E-state index < -0.39 is 5.82 Å². The molecular weight excluding hydrogens is 431 g/mol. The lowest BCUT2D eigenvalue weighted by molar-refractivity contribution is 0.413. The van der Waals surface area contributed by atoms with Gasteiger partial charge < -0.3 is 4.74 Å². The van der Waals surface area contributed by atoms with Crippen LogP contribution < -0.4 is 9.46 Å². The summed E-state index contributed by atoms with van der Waals surface area (Å²) in [5.74, 6) is 1.89. The molecule has 0 radical (unpaired) electrons. The average molecular weight is 455 g/mol. The molecule has 0 amide bonds. The minimum absolute atomic E-state index is 0.0222. The number of rotatable bonds is 8. The van der Waals surface area contributed by atoms with Crippen LogP contribution in [-0.2, 0) is 7.05 Å². The maximum Gasteiger partial charge on any atom is 0.239 e. The lowest BCUT2D eigenvalue weighted by Gasteiger charge is -2.19. The highest BCUT2D eigenvalue weighted by Gasteiger charge is 2.23. The van der Waals surface area contributed by atoms with Gasteiger partial charge in [0, 0.05) is 24.4 Å². The summed E-state index contributed by atoms with van der Waals surface area (Å²) in [6, 6.07) is 9.52. The topological polar surface area (TPSA) is 95.6 Å². The van der Waals surface area contributed by atoms with Crippen molar-refractivity contribution in [1.29, 1.82) is 0 Å². The number of methoxy groups -OCH3 is 1. The Morgan fingerprint density at radius 1 is 1.09 bits per heavy atom. The molecule has 1 aromatic carbocycles. The molecule has 0 aliphatic carbocycles. The molecule has 9 nitrogen and oxygen atoms in total. The van der Waals surface area contributed by atoms with Gasteiger partial charge in [0.25, 0.3) is 0 Å². The zero-order valence-corrected chi connectivity index (χ0v) is 18.9. The van der Waals surface area contributed by atoms with Crippen LogP contribution >= 0.6 is 11.9 Å². The number of aryl methyl sites for hydroxylation is 1. The Morgan fingerprint density at radius 2 is 1.84 bits per heavy atom. The molecule has 0 spiro atoms. The highest BCUT2D eigenvalue weighted by atomic mass is 32.2. The van der Waals surface area contributed by atoms with Gasteiger partial charge in [0.05, 0.1) is 25.2 Å². The van der Waals surface area contributed by atoms with E-state index in [4.69, 9.17) is 4.74 Å². The van der Waals surface area contributed by atoms with Gasteiger partial charge in [0.1, 0.15) is 17.3 Å². The largest absolute Gasteiger partial charge is 0.495 e. The van der Waals surface area contributed by atoms with Crippen molar-refractivity contribution in [3.63, 3.8) is 0 Å². The second kappa shape index (κ2) is 9.35. The van der Waals surface area contributed by atoms with Gasteiger partial charge in [-0.3, -0.25) is 14.0 Å². The Balaban J connectivity index is 1.64. The first-order valence-corrected chi connectivity index (χ1v) is 10.8. The molecule has 1 N–H and O–H groups in total. The third kappa shape index (κ3) is 4.42. The van der Waals surface area contributed by atoms with E-state index in [1.165, 1.54) is 24.3 Å². The van der Waals surface area contributed by atoms with Crippen LogP contribution in [0.25, 0.3) is 17.2 Å². The van der Waals surface area contributed by atoms with E-state index in [0.29, 0.717) is 29.0 Å². The summed E-state index contributed by atoms with van der Waals surface area (Å²) in [5, 5.41) is 13.3. The SMILES string of the molecule is COc1ccccc1-n1c(NSC(C)C(C)c2ncc(F)cn2)nnc1-c1ccn(C)n1. The normalized spacial score (nSPS) is 13.0. The van der Waals surface area contributed by atoms with Crippen molar-refractivity contribution < 1.29 is 9.13 Å². The fraction of sp³-hybridized carbons (Fsp3) is 0.286. The van der Waals surface area contributed by atoms with Gasteiger partial charge in [-0.05, 0) is 30.1 Å². The number of anilines is 1. The van der Waals surface area contributed by atoms with E-state index in [1.54, 1.807) is 11.8 Å². The van der Waals surface area contributed by atoms with Crippen LogP contribution in [0.3, 0.4) is 0 Å². The summed E-state index contributed by atoms with van der Waals surface area (Å²) >= 11 is 1.46. The number of nitrogens with one attached hydrogen (secondary N) is 1. The third-order valence-electron chi connectivity index (χ3n) is 5.02. The number of nitrogens with zero attached hydrogens (tertiary/aromatic N) is 7. The second-order valence-corrected chi connectivity index (χ2v) is 8.39. The summed E-state index contributed by atoms with van der Waals surface area (Å²) < 4.78 is 25.6. The van der Waals surface area contributed by atoms with E-state index in [9.17, 15) is 4.39 Å². The minimum Gasteiger partial charge on any atom is -0.495 e. The molecular formula is C21H23FN8OS. The number of ether oxygens (including phenoxy) is 1. The van der Waals surface area contributed by atoms with Crippen molar-refractivity contribution in [3.05, 3.63) is 60.6 Å². The lowest BCUT2D eigenvalue weighted by atomic mass is 10.1. The van der Waals surface area contributed by atoms with Crippen molar-refractivity contribution in [3.8, 4) is 23.0 Å². The number of aromatic nitrogens is 7. The Morgan fingerprint density at radius 3 is 2.53 bits per heavy atom. The molecule has 0 fully saturated rings. The molecule has 2 unspecified atom stereocenters. The van der Waals surface area contributed by atoms with Gasteiger partial charge in [-0.25, -0.2) is 14.4 Å². The Labute approximate surface area is 189 Å². The van der Waals surface area contributed by atoms with Gasteiger partial charge in [0.2, 0.25) is 5.95 Å². The van der Waals surface area contributed by atoms with Gasteiger partial charge in [-0.2, -0.15) is 5.10 Å². The molecule has 0 bridgehead atoms. The van der Waals surface area contributed by atoms with Crippen LogP contribution in [0.2, 0.25) is 0 Å². The summed E-state index contributed by atoms with van der Waals surface area (Å²) in [7, 11) is 3.47. The summed E-state index contributed by atoms with van der Waals surface area (Å²) in [4.78, 5) is 8.20. The van der Waals surface area contributed by atoms with E-state index in [2.05, 4.69) is 30.0 Å². The molecule has 11 heteroatoms. The Hall–Kier alpha value is -3.47. The van der Waals surface area contributed by atoms with Gasteiger partial charge in [-0.1, -0.05) is 26.0 Å². The Bertz CT molecular complexity index is 1190. The fourth-order valence-electron chi connectivity index (χ4n) is 3.11. The van der Waals surface area contributed by atoms with Crippen LogP contribution in [0.4, 0.5) is 10.3 Å². The highest BCUT2D eigenvalue weighted by Crippen LogP contribution is 2.33. The Kier molecular flexibility index (Phi) is 6.35. The number of halogens is 1. The molecule has 4 aromatic rings. The minimum atomic E-state index is -0.452. The predicted molar refractivity (Wildman–Crippen MR) is 121 cm³/mol. The number of hydrogen-bond donors (Lipinski definition) is 1. The molecule has 3 heterocycles. The predicted octanol–water partition coefficient (Wildman–Crippen LogP) is 3.86. The average Bonchev–Trinajstić information content (AvgIpc) is 3.43. The first-order valence-electron chi connectivity index (χ1n) is 9.96. The number of para-hydroxylation sites is 2. The van der Waals surface area contributed by atoms with Crippen molar-refractivity contribution >= 4 is 17.9 Å². The van der Waals surface area contributed by atoms with Crippen LogP contribution in [-0.4, -0.2) is 46.9 Å². The summed E-state index contributed by atoms with van der Waals surface area (Å²) in [6.07, 6.45) is 4.22. The zero-order chi connectivity index (χ0) is 22.7. The monoisotopic (exact) mass is 454 g/mol. The third-order valence-corrected chi connectivity index (χ3v) is 6.10. The second-order valence-electron chi connectivity index (χ2n) is 7.20. The maximum absolute atomic E-state index is 13.2.